The Morgan fingerprint density at radius 1 is 1.37 bits per heavy atom. The van der Waals surface area contributed by atoms with E-state index < -0.39 is 0 Å². The fourth-order valence-electron chi connectivity index (χ4n) is 3.31. The molecule has 3 aromatic heterocycles. The van der Waals surface area contributed by atoms with Crippen molar-refractivity contribution in [3.8, 4) is 6.07 Å². The van der Waals surface area contributed by atoms with Crippen LogP contribution in [0.2, 0.25) is 0 Å². The van der Waals surface area contributed by atoms with Crippen molar-refractivity contribution < 1.29 is 4.79 Å². The number of nitriles is 1. The number of fused-ring (bicyclic) bond motifs is 1. The molecule has 1 atom stereocenters. The summed E-state index contributed by atoms with van der Waals surface area (Å²) in [6.07, 6.45) is 9.20. The molecule has 3 heterocycles. The Morgan fingerprint density at radius 2 is 2.23 bits per heavy atom. The molecule has 0 saturated heterocycles. The number of thiophene rings is 2. The van der Waals surface area contributed by atoms with Gasteiger partial charge in [0.1, 0.15) is 16.9 Å². The number of aromatic nitrogens is 3. The summed E-state index contributed by atoms with van der Waals surface area (Å²) >= 11 is 4.49. The number of H-pyrrole nitrogens is 1. The number of rotatable bonds is 6. The van der Waals surface area contributed by atoms with Gasteiger partial charge >= 0.3 is 0 Å². The molecule has 1 aliphatic rings. The SMILES string of the molecule is CC(Sc1n[nH]c(/C=C/c2cccs2)n1)C(=O)Nc1sc2c(c1C#N)CCCCC2. The van der Waals surface area contributed by atoms with Crippen LogP contribution in [0.25, 0.3) is 12.2 Å². The molecule has 0 spiro atoms. The van der Waals surface area contributed by atoms with E-state index in [-0.39, 0.29) is 11.2 Å². The highest BCUT2D eigenvalue weighted by Crippen LogP contribution is 2.37. The van der Waals surface area contributed by atoms with Gasteiger partial charge in [-0.1, -0.05) is 24.2 Å². The molecule has 2 N–H and O–H groups in total. The van der Waals surface area contributed by atoms with Crippen LogP contribution >= 0.6 is 34.4 Å². The number of carbonyl (C=O) groups is 1. The number of thioether (sulfide) groups is 1. The van der Waals surface area contributed by atoms with Crippen molar-refractivity contribution in [1.29, 1.82) is 5.26 Å². The average molecular weight is 456 g/mol. The Hall–Kier alpha value is -2.41. The van der Waals surface area contributed by atoms with Crippen molar-refractivity contribution in [3.63, 3.8) is 0 Å². The summed E-state index contributed by atoms with van der Waals surface area (Å²) in [7, 11) is 0. The van der Waals surface area contributed by atoms with Gasteiger partial charge in [-0.3, -0.25) is 9.89 Å². The summed E-state index contributed by atoms with van der Waals surface area (Å²) in [4.78, 5) is 19.5. The van der Waals surface area contributed by atoms with Gasteiger partial charge in [0.25, 0.3) is 0 Å². The van der Waals surface area contributed by atoms with E-state index in [9.17, 15) is 10.1 Å². The molecule has 154 valence electrons. The van der Waals surface area contributed by atoms with Gasteiger partial charge in [0.2, 0.25) is 11.1 Å². The lowest BCUT2D eigenvalue weighted by molar-refractivity contribution is -0.115. The highest BCUT2D eigenvalue weighted by Gasteiger charge is 2.23. The van der Waals surface area contributed by atoms with Crippen molar-refractivity contribution in [3.05, 3.63) is 44.2 Å². The standard InChI is InChI=1S/C21H21N5OS3/c1-13(29-21-23-18(25-26-21)10-9-14-6-5-11-28-14)19(27)24-20-16(12-22)15-7-3-2-4-8-17(15)30-20/h5-6,9-11,13H,2-4,7-8H2,1H3,(H,24,27)(H,23,25,26)/b10-9+. The average Bonchev–Trinajstić information content (AvgIpc) is 3.44. The maximum absolute atomic E-state index is 12.7. The molecule has 0 saturated carbocycles. The van der Waals surface area contributed by atoms with Gasteiger partial charge in [0.15, 0.2) is 0 Å². The first-order valence-corrected chi connectivity index (χ1v) is 12.4. The third kappa shape index (κ3) is 4.83. The monoisotopic (exact) mass is 455 g/mol. The molecule has 0 radical (unpaired) electrons. The van der Waals surface area contributed by atoms with Crippen LogP contribution < -0.4 is 5.32 Å². The number of hydrogen-bond donors (Lipinski definition) is 2. The predicted octanol–water partition coefficient (Wildman–Crippen LogP) is 5.36. The second-order valence-corrected chi connectivity index (χ2v) is 10.4. The van der Waals surface area contributed by atoms with Gasteiger partial charge < -0.3 is 5.32 Å². The lowest BCUT2D eigenvalue weighted by atomic mass is 10.1. The topological polar surface area (TPSA) is 94.5 Å². The number of aromatic amines is 1. The Kier molecular flexibility index (Phi) is 6.67. The van der Waals surface area contributed by atoms with Crippen molar-refractivity contribution in [2.24, 2.45) is 0 Å². The summed E-state index contributed by atoms with van der Waals surface area (Å²) in [5, 5.41) is 22.5. The van der Waals surface area contributed by atoms with E-state index in [0.717, 1.165) is 36.1 Å². The zero-order valence-corrected chi connectivity index (χ0v) is 18.9. The number of anilines is 1. The van der Waals surface area contributed by atoms with Crippen LogP contribution in [0, 0.1) is 11.3 Å². The number of aryl methyl sites for hydroxylation is 1. The first kappa shape index (κ1) is 20.8. The largest absolute Gasteiger partial charge is 0.316 e. The molecule has 30 heavy (non-hydrogen) atoms. The van der Waals surface area contributed by atoms with Crippen LogP contribution in [-0.4, -0.2) is 26.3 Å². The number of carbonyl (C=O) groups excluding carboxylic acids is 1. The highest BCUT2D eigenvalue weighted by molar-refractivity contribution is 8.00. The van der Waals surface area contributed by atoms with E-state index in [2.05, 4.69) is 26.6 Å². The Morgan fingerprint density at radius 3 is 3.03 bits per heavy atom. The summed E-state index contributed by atoms with van der Waals surface area (Å²) < 4.78 is 0. The van der Waals surface area contributed by atoms with Crippen LogP contribution in [0.4, 0.5) is 5.00 Å². The molecule has 3 aromatic rings. The van der Waals surface area contributed by atoms with E-state index in [0.29, 0.717) is 21.5 Å². The maximum Gasteiger partial charge on any atom is 0.238 e. The molecule has 0 aromatic carbocycles. The summed E-state index contributed by atoms with van der Waals surface area (Å²) in [5.74, 6) is 0.501. The summed E-state index contributed by atoms with van der Waals surface area (Å²) in [5.41, 5.74) is 1.77. The van der Waals surface area contributed by atoms with Crippen LogP contribution in [0.3, 0.4) is 0 Å². The van der Waals surface area contributed by atoms with Crippen molar-refractivity contribution in [1.82, 2.24) is 15.2 Å². The molecular formula is C21H21N5OS3. The van der Waals surface area contributed by atoms with E-state index in [1.165, 1.54) is 23.1 Å². The Labute approximate surface area is 187 Å². The number of amides is 1. The van der Waals surface area contributed by atoms with E-state index in [4.69, 9.17) is 0 Å². The summed E-state index contributed by atoms with van der Waals surface area (Å²) in [6.45, 7) is 1.82. The first-order valence-electron chi connectivity index (χ1n) is 9.80. The minimum Gasteiger partial charge on any atom is -0.316 e. The molecule has 1 amide bonds. The minimum atomic E-state index is -0.386. The van der Waals surface area contributed by atoms with Crippen molar-refractivity contribution >= 4 is 57.5 Å². The van der Waals surface area contributed by atoms with E-state index in [1.54, 1.807) is 22.7 Å². The fourth-order valence-corrected chi connectivity index (χ4v) is 5.90. The maximum atomic E-state index is 12.7. The lowest BCUT2D eigenvalue weighted by Gasteiger charge is -2.09. The smallest absolute Gasteiger partial charge is 0.238 e. The van der Waals surface area contributed by atoms with Gasteiger partial charge in [-0.15, -0.1) is 27.8 Å². The molecule has 6 nitrogen and oxygen atoms in total. The fraction of sp³-hybridized carbons (Fsp3) is 0.333. The van der Waals surface area contributed by atoms with Crippen molar-refractivity contribution in [2.75, 3.05) is 5.32 Å². The Balaban J connectivity index is 1.40. The predicted molar refractivity (Wildman–Crippen MR) is 124 cm³/mol. The van der Waals surface area contributed by atoms with Crippen LogP contribution in [0.5, 0.6) is 0 Å². The Bertz CT molecular complexity index is 1090. The minimum absolute atomic E-state index is 0.145. The molecule has 9 heteroatoms. The normalized spacial score (nSPS) is 14.8. The summed E-state index contributed by atoms with van der Waals surface area (Å²) in [6, 6.07) is 6.33. The quantitative estimate of drug-likeness (QED) is 0.385. The van der Waals surface area contributed by atoms with Crippen LogP contribution in [0.15, 0.2) is 22.7 Å². The van der Waals surface area contributed by atoms with Crippen LogP contribution in [0.1, 0.15) is 52.9 Å². The van der Waals surface area contributed by atoms with E-state index in [1.807, 2.05) is 36.6 Å². The van der Waals surface area contributed by atoms with Gasteiger partial charge in [0.05, 0.1) is 10.8 Å². The third-order valence-electron chi connectivity index (χ3n) is 4.85. The third-order valence-corrected chi connectivity index (χ3v) is 7.86. The lowest BCUT2D eigenvalue weighted by Crippen LogP contribution is -2.22. The highest BCUT2D eigenvalue weighted by atomic mass is 32.2. The van der Waals surface area contributed by atoms with Gasteiger partial charge in [-0.05, 0) is 61.8 Å². The molecule has 4 rings (SSSR count). The molecule has 1 aliphatic carbocycles. The van der Waals surface area contributed by atoms with Gasteiger partial charge in [-0.25, -0.2) is 4.98 Å². The number of nitrogens with zero attached hydrogens (tertiary/aromatic N) is 3. The van der Waals surface area contributed by atoms with Gasteiger partial charge in [-0.2, -0.15) is 5.26 Å². The molecular weight excluding hydrogens is 434 g/mol. The van der Waals surface area contributed by atoms with Crippen LogP contribution in [-0.2, 0) is 17.6 Å². The molecule has 0 fully saturated rings. The first-order chi connectivity index (χ1) is 14.6. The zero-order valence-electron chi connectivity index (χ0n) is 16.5. The second-order valence-electron chi connectivity index (χ2n) is 6.98. The number of nitrogens with one attached hydrogen (secondary N) is 2. The van der Waals surface area contributed by atoms with Crippen molar-refractivity contribution in [2.45, 2.75) is 49.4 Å². The zero-order chi connectivity index (χ0) is 20.9. The number of hydrogen-bond acceptors (Lipinski definition) is 7. The molecule has 1 unspecified atom stereocenters. The molecule has 0 aliphatic heterocycles. The van der Waals surface area contributed by atoms with Gasteiger partial charge in [0, 0.05) is 9.75 Å². The van der Waals surface area contributed by atoms with E-state index >= 15 is 0 Å². The molecule has 0 bridgehead atoms. The second kappa shape index (κ2) is 9.60.